The summed E-state index contributed by atoms with van der Waals surface area (Å²) in [6, 6.07) is 6.89. The van der Waals surface area contributed by atoms with Crippen molar-refractivity contribution in [3.8, 4) is 0 Å². The number of rotatable bonds is 7. The highest BCUT2D eigenvalue weighted by molar-refractivity contribution is 6.30. The van der Waals surface area contributed by atoms with Gasteiger partial charge in [-0.2, -0.15) is 0 Å². The van der Waals surface area contributed by atoms with E-state index in [1.165, 1.54) is 0 Å². The first-order valence-corrected chi connectivity index (χ1v) is 6.28. The third kappa shape index (κ3) is 4.11. The quantitative estimate of drug-likeness (QED) is 0.433. The van der Waals surface area contributed by atoms with Crippen LogP contribution in [0.4, 0.5) is 0 Å². The van der Waals surface area contributed by atoms with Gasteiger partial charge in [0.1, 0.15) is 6.29 Å². The van der Waals surface area contributed by atoms with Gasteiger partial charge in [-0.1, -0.05) is 37.1 Å². The van der Waals surface area contributed by atoms with E-state index in [2.05, 4.69) is 0 Å². The van der Waals surface area contributed by atoms with Crippen LogP contribution in [0.15, 0.2) is 24.3 Å². The summed E-state index contributed by atoms with van der Waals surface area (Å²) in [6.07, 6.45) is 2.31. The second kappa shape index (κ2) is 7.11. The van der Waals surface area contributed by atoms with Crippen molar-refractivity contribution < 1.29 is 9.72 Å². The van der Waals surface area contributed by atoms with Crippen molar-refractivity contribution in [3.05, 3.63) is 45.0 Å². The van der Waals surface area contributed by atoms with Gasteiger partial charge >= 0.3 is 0 Å². The fourth-order valence-electron chi connectivity index (χ4n) is 2.06. The molecule has 0 heterocycles. The summed E-state index contributed by atoms with van der Waals surface area (Å²) in [6.45, 7) is 1.73. The van der Waals surface area contributed by atoms with Gasteiger partial charge in [-0.15, -0.1) is 0 Å². The number of halogens is 1. The number of aldehydes is 1. The first-order chi connectivity index (χ1) is 8.58. The zero-order valence-corrected chi connectivity index (χ0v) is 11.0. The molecule has 0 aliphatic carbocycles. The number of benzene rings is 1. The van der Waals surface area contributed by atoms with E-state index in [-0.39, 0.29) is 23.3 Å². The number of nitrogens with zero attached hydrogens (tertiary/aromatic N) is 1. The Morgan fingerprint density at radius 2 is 2.00 bits per heavy atom. The Balaban J connectivity index is 2.99. The van der Waals surface area contributed by atoms with Crippen molar-refractivity contribution >= 4 is 17.9 Å². The zero-order chi connectivity index (χ0) is 13.5. The molecular formula is C13H16ClNO3. The van der Waals surface area contributed by atoms with Gasteiger partial charge in [-0.25, -0.2) is 0 Å². The first-order valence-electron chi connectivity index (χ1n) is 5.91. The van der Waals surface area contributed by atoms with Gasteiger partial charge in [0.15, 0.2) is 0 Å². The summed E-state index contributed by atoms with van der Waals surface area (Å²) >= 11 is 5.79. The number of hydrogen-bond donors (Lipinski definition) is 0. The molecule has 0 bridgehead atoms. The molecule has 4 nitrogen and oxygen atoms in total. The van der Waals surface area contributed by atoms with E-state index in [1.807, 2.05) is 6.92 Å². The molecule has 0 spiro atoms. The van der Waals surface area contributed by atoms with E-state index < -0.39 is 0 Å². The van der Waals surface area contributed by atoms with Crippen LogP contribution < -0.4 is 0 Å². The van der Waals surface area contributed by atoms with E-state index in [9.17, 15) is 14.9 Å². The number of hydrogen-bond acceptors (Lipinski definition) is 3. The summed E-state index contributed by atoms with van der Waals surface area (Å²) < 4.78 is 0. The molecule has 0 N–H and O–H groups in total. The molecule has 5 heteroatoms. The number of carbonyl (C=O) groups is 1. The van der Waals surface area contributed by atoms with Gasteiger partial charge in [0.25, 0.3) is 0 Å². The van der Waals surface area contributed by atoms with E-state index in [1.54, 1.807) is 24.3 Å². The molecule has 0 aliphatic rings. The molecule has 18 heavy (non-hydrogen) atoms. The largest absolute Gasteiger partial charge is 0.303 e. The summed E-state index contributed by atoms with van der Waals surface area (Å²) in [5.74, 6) is -0.698. The number of carbonyl (C=O) groups excluding carboxylic acids is 1. The fourth-order valence-corrected chi connectivity index (χ4v) is 2.18. The zero-order valence-electron chi connectivity index (χ0n) is 10.2. The minimum atomic E-state index is -0.380. The highest BCUT2D eigenvalue weighted by Gasteiger charge is 2.26. The Kier molecular flexibility index (Phi) is 5.78. The molecule has 1 aromatic rings. The molecule has 0 aliphatic heterocycles. The third-order valence-electron chi connectivity index (χ3n) is 2.96. The first kappa shape index (κ1) is 14.6. The van der Waals surface area contributed by atoms with Gasteiger partial charge in [0, 0.05) is 15.9 Å². The smallest absolute Gasteiger partial charge is 0.211 e. The second-order valence-electron chi connectivity index (χ2n) is 4.26. The molecule has 98 valence electrons. The third-order valence-corrected chi connectivity index (χ3v) is 3.21. The molecule has 1 aromatic carbocycles. The van der Waals surface area contributed by atoms with Crippen molar-refractivity contribution in [2.75, 3.05) is 6.54 Å². The highest BCUT2D eigenvalue weighted by Crippen LogP contribution is 2.28. The van der Waals surface area contributed by atoms with Crippen molar-refractivity contribution in [2.45, 2.75) is 25.7 Å². The van der Waals surface area contributed by atoms with Crippen molar-refractivity contribution in [1.29, 1.82) is 0 Å². The normalized spacial score (nSPS) is 13.9. The van der Waals surface area contributed by atoms with E-state index in [0.717, 1.165) is 18.3 Å². The van der Waals surface area contributed by atoms with Crippen LogP contribution in [-0.4, -0.2) is 17.8 Å². The Morgan fingerprint density at radius 1 is 1.39 bits per heavy atom. The number of nitro groups is 1. The van der Waals surface area contributed by atoms with Crippen LogP contribution in [0.1, 0.15) is 31.2 Å². The molecule has 0 saturated carbocycles. The average molecular weight is 270 g/mol. The van der Waals surface area contributed by atoms with Crippen molar-refractivity contribution in [3.63, 3.8) is 0 Å². The maximum Gasteiger partial charge on any atom is 0.211 e. The van der Waals surface area contributed by atoms with E-state index in [4.69, 9.17) is 11.6 Å². The molecular weight excluding hydrogens is 254 g/mol. The van der Waals surface area contributed by atoms with Gasteiger partial charge in [0.05, 0.1) is 5.92 Å². The van der Waals surface area contributed by atoms with Crippen LogP contribution in [0.5, 0.6) is 0 Å². The lowest BCUT2D eigenvalue weighted by molar-refractivity contribution is -0.484. The minimum absolute atomic E-state index is 0.231. The minimum Gasteiger partial charge on any atom is -0.303 e. The predicted octanol–water partition coefficient (Wildman–Crippen LogP) is 3.32. The fraction of sp³-hybridized carbons (Fsp3) is 0.462. The van der Waals surface area contributed by atoms with Crippen LogP contribution in [0, 0.1) is 16.0 Å². The lowest BCUT2D eigenvalue weighted by Crippen LogP contribution is -2.22. The molecule has 0 aromatic heterocycles. The summed E-state index contributed by atoms with van der Waals surface area (Å²) in [5.41, 5.74) is 0.793. The highest BCUT2D eigenvalue weighted by atomic mass is 35.5. The monoisotopic (exact) mass is 269 g/mol. The van der Waals surface area contributed by atoms with Crippen molar-refractivity contribution in [2.24, 2.45) is 5.92 Å². The molecule has 0 fully saturated rings. The van der Waals surface area contributed by atoms with Crippen molar-refractivity contribution in [1.82, 2.24) is 0 Å². The van der Waals surface area contributed by atoms with Crippen LogP contribution >= 0.6 is 11.6 Å². The van der Waals surface area contributed by atoms with Crippen LogP contribution in [-0.2, 0) is 4.79 Å². The SMILES string of the molecule is CCC[C@H](C=O)[C@@H](C[N+](=O)[O-])c1ccc(Cl)cc1. The Morgan fingerprint density at radius 3 is 2.44 bits per heavy atom. The van der Waals surface area contributed by atoms with E-state index >= 15 is 0 Å². The van der Waals surface area contributed by atoms with Crippen LogP contribution in [0.2, 0.25) is 5.02 Å². The molecule has 0 saturated heterocycles. The Labute approximate surface area is 111 Å². The standard InChI is InChI=1S/C13H16ClNO3/c1-2-3-11(9-16)13(8-15(17)18)10-4-6-12(14)7-5-10/h4-7,9,11,13H,2-3,8H2,1H3/t11-,13+/m1/s1. The van der Waals surface area contributed by atoms with Gasteiger partial charge in [-0.3, -0.25) is 10.1 Å². The maximum absolute atomic E-state index is 11.1. The molecule has 2 atom stereocenters. The summed E-state index contributed by atoms with van der Waals surface area (Å²) in [5, 5.41) is 11.3. The van der Waals surface area contributed by atoms with Crippen LogP contribution in [0.3, 0.4) is 0 Å². The topological polar surface area (TPSA) is 60.2 Å². The van der Waals surface area contributed by atoms with Crippen LogP contribution in [0.25, 0.3) is 0 Å². The average Bonchev–Trinajstić information content (AvgIpc) is 2.34. The summed E-state index contributed by atoms with van der Waals surface area (Å²) in [7, 11) is 0. The molecule has 0 radical (unpaired) electrons. The predicted molar refractivity (Wildman–Crippen MR) is 70.5 cm³/mol. The lowest BCUT2D eigenvalue weighted by atomic mass is 9.84. The molecule has 0 amide bonds. The van der Waals surface area contributed by atoms with Gasteiger partial charge in [-0.05, 0) is 24.1 Å². The summed E-state index contributed by atoms with van der Waals surface area (Å²) in [4.78, 5) is 21.5. The Hall–Kier alpha value is -1.42. The van der Waals surface area contributed by atoms with Gasteiger partial charge < -0.3 is 4.79 Å². The molecule has 0 unspecified atom stereocenters. The Bertz CT molecular complexity index is 405. The van der Waals surface area contributed by atoms with Gasteiger partial charge in [0.2, 0.25) is 6.54 Å². The lowest BCUT2D eigenvalue weighted by Gasteiger charge is -2.19. The maximum atomic E-state index is 11.1. The van der Waals surface area contributed by atoms with E-state index in [0.29, 0.717) is 11.4 Å². The molecule has 1 rings (SSSR count). The second-order valence-corrected chi connectivity index (χ2v) is 4.70.